The Hall–Kier alpha value is -0.120. The second kappa shape index (κ2) is 5.10. The van der Waals surface area contributed by atoms with Gasteiger partial charge in [-0.1, -0.05) is 6.92 Å². The standard InChI is InChI=1S/C11H24N2O/c1-10-5-4-6-13(7-10)8-11(2,9-14)12-3/h10,12,14H,4-9H2,1-3H3. The topological polar surface area (TPSA) is 35.5 Å². The molecule has 0 aromatic carbocycles. The van der Waals surface area contributed by atoms with E-state index in [9.17, 15) is 5.11 Å². The summed E-state index contributed by atoms with van der Waals surface area (Å²) in [7, 11) is 1.92. The summed E-state index contributed by atoms with van der Waals surface area (Å²) in [4.78, 5) is 2.46. The van der Waals surface area contributed by atoms with Gasteiger partial charge in [0, 0.05) is 13.1 Å². The van der Waals surface area contributed by atoms with Crippen LogP contribution in [0.5, 0.6) is 0 Å². The average molecular weight is 200 g/mol. The number of hydrogen-bond acceptors (Lipinski definition) is 3. The molecule has 0 amide bonds. The van der Waals surface area contributed by atoms with Gasteiger partial charge in [-0.25, -0.2) is 0 Å². The van der Waals surface area contributed by atoms with Gasteiger partial charge in [0.05, 0.1) is 12.1 Å². The van der Waals surface area contributed by atoms with Gasteiger partial charge in [-0.05, 0) is 39.3 Å². The minimum Gasteiger partial charge on any atom is -0.394 e. The van der Waals surface area contributed by atoms with E-state index < -0.39 is 0 Å². The zero-order chi connectivity index (χ0) is 10.6. The number of likely N-dealkylation sites (tertiary alicyclic amines) is 1. The molecule has 0 radical (unpaired) electrons. The maximum atomic E-state index is 9.29. The molecule has 0 saturated carbocycles. The summed E-state index contributed by atoms with van der Waals surface area (Å²) in [6, 6.07) is 0. The lowest BCUT2D eigenvalue weighted by atomic mass is 9.97. The van der Waals surface area contributed by atoms with Crippen LogP contribution in [0.2, 0.25) is 0 Å². The minimum absolute atomic E-state index is 0.142. The predicted octanol–water partition coefficient (Wildman–Crippen LogP) is 0.689. The van der Waals surface area contributed by atoms with Crippen LogP contribution >= 0.6 is 0 Å². The van der Waals surface area contributed by atoms with Crippen LogP contribution in [0.25, 0.3) is 0 Å². The molecule has 1 fully saturated rings. The highest BCUT2D eigenvalue weighted by Gasteiger charge is 2.26. The molecule has 2 unspecified atom stereocenters. The van der Waals surface area contributed by atoms with Crippen molar-refractivity contribution in [2.24, 2.45) is 5.92 Å². The quantitative estimate of drug-likeness (QED) is 0.701. The number of piperidine rings is 1. The smallest absolute Gasteiger partial charge is 0.0623 e. The van der Waals surface area contributed by atoms with E-state index in [-0.39, 0.29) is 12.1 Å². The van der Waals surface area contributed by atoms with E-state index in [4.69, 9.17) is 0 Å². The number of hydrogen-bond donors (Lipinski definition) is 2. The highest BCUT2D eigenvalue weighted by Crippen LogP contribution is 2.17. The molecule has 2 N–H and O–H groups in total. The Bertz CT molecular complexity index is 169. The fraction of sp³-hybridized carbons (Fsp3) is 1.00. The zero-order valence-electron chi connectivity index (χ0n) is 9.71. The molecule has 0 aromatic heterocycles. The number of nitrogens with one attached hydrogen (secondary N) is 1. The van der Waals surface area contributed by atoms with Crippen LogP contribution in [0.1, 0.15) is 26.7 Å². The summed E-state index contributed by atoms with van der Waals surface area (Å²) in [6.45, 7) is 7.89. The molecular weight excluding hydrogens is 176 g/mol. The molecule has 1 aliphatic rings. The molecule has 0 aliphatic carbocycles. The lowest BCUT2D eigenvalue weighted by Gasteiger charge is -2.37. The maximum Gasteiger partial charge on any atom is 0.0623 e. The fourth-order valence-corrected chi connectivity index (χ4v) is 2.13. The van der Waals surface area contributed by atoms with Crippen molar-refractivity contribution in [3.05, 3.63) is 0 Å². The van der Waals surface area contributed by atoms with Crippen molar-refractivity contribution in [2.75, 3.05) is 33.3 Å². The van der Waals surface area contributed by atoms with Crippen molar-refractivity contribution < 1.29 is 5.11 Å². The number of aliphatic hydroxyl groups excluding tert-OH is 1. The van der Waals surface area contributed by atoms with E-state index in [1.165, 1.54) is 25.9 Å². The zero-order valence-corrected chi connectivity index (χ0v) is 9.71. The van der Waals surface area contributed by atoms with Gasteiger partial charge in [0.1, 0.15) is 0 Å². The lowest BCUT2D eigenvalue weighted by Crippen LogP contribution is -2.54. The summed E-state index contributed by atoms with van der Waals surface area (Å²) in [5.74, 6) is 0.809. The summed E-state index contributed by atoms with van der Waals surface area (Å²) >= 11 is 0. The Kier molecular flexibility index (Phi) is 4.35. The molecule has 84 valence electrons. The van der Waals surface area contributed by atoms with Crippen LogP contribution in [-0.2, 0) is 0 Å². The third-order valence-electron chi connectivity index (χ3n) is 3.27. The molecule has 14 heavy (non-hydrogen) atoms. The van der Waals surface area contributed by atoms with Crippen molar-refractivity contribution in [1.82, 2.24) is 10.2 Å². The first-order valence-electron chi connectivity index (χ1n) is 5.62. The average Bonchev–Trinajstić information content (AvgIpc) is 2.18. The maximum absolute atomic E-state index is 9.29. The van der Waals surface area contributed by atoms with E-state index in [0.29, 0.717) is 0 Å². The number of aliphatic hydroxyl groups is 1. The molecule has 1 heterocycles. The summed E-state index contributed by atoms with van der Waals surface area (Å²) in [6.07, 6.45) is 2.65. The highest BCUT2D eigenvalue weighted by molar-refractivity contribution is 4.86. The van der Waals surface area contributed by atoms with Crippen molar-refractivity contribution in [1.29, 1.82) is 0 Å². The molecule has 1 saturated heterocycles. The first-order chi connectivity index (χ1) is 6.59. The molecule has 3 heteroatoms. The minimum atomic E-state index is -0.142. The summed E-state index contributed by atoms with van der Waals surface area (Å²) in [5, 5.41) is 12.5. The third kappa shape index (κ3) is 3.23. The Labute approximate surface area is 87.5 Å². The second-order valence-electron chi connectivity index (χ2n) is 4.95. The van der Waals surface area contributed by atoms with Crippen LogP contribution in [-0.4, -0.2) is 48.8 Å². The van der Waals surface area contributed by atoms with Crippen molar-refractivity contribution in [2.45, 2.75) is 32.2 Å². The van der Waals surface area contributed by atoms with E-state index in [0.717, 1.165) is 12.5 Å². The van der Waals surface area contributed by atoms with E-state index in [1.807, 2.05) is 7.05 Å². The van der Waals surface area contributed by atoms with Crippen molar-refractivity contribution in [3.8, 4) is 0 Å². The monoisotopic (exact) mass is 200 g/mol. The van der Waals surface area contributed by atoms with Crippen molar-refractivity contribution >= 4 is 0 Å². The number of nitrogens with zero attached hydrogens (tertiary/aromatic N) is 1. The largest absolute Gasteiger partial charge is 0.394 e. The van der Waals surface area contributed by atoms with Crippen LogP contribution in [0.3, 0.4) is 0 Å². The van der Waals surface area contributed by atoms with Gasteiger partial charge in [-0.2, -0.15) is 0 Å². The van der Waals surface area contributed by atoms with Crippen molar-refractivity contribution in [3.63, 3.8) is 0 Å². The van der Waals surface area contributed by atoms with Gasteiger partial charge >= 0.3 is 0 Å². The SMILES string of the molecule is CNC(C)(CO)CN1CCCC(C)C1. The predicted molar refractivity (Wildman–Crippen MR) is 59.4 cm³/mol. The van der Waals surface area contributed by atoms with Crippen LogP contribution in [0.15, 0.2) is 0 Å². The Morgan fingerprint density at radius 2 is 2.29 bits per heavy atom. The number of likely N-dealkylation sites (N-methyl/N-ethyl adjacent to an activating group) is 1. The number of rotatable bonds is 4. The van der Waals surface area contributed by atoms with E-state index in [2.05, 4.69) is 24.1 Å². The Morgan fingerprint density at radius 3 is 2.79 bits per heavy atom. The molecule has 1 rings (SSSR count). The molecule has 0 aromatic rings. The van der Waals surface area contributed by atoms with Crippen LogP contribution < -0.4 is 5.32 Å². The Morgan fingerprint density at radius 1 is 1.57 bits per heavy atom. The van der Waals surface area contributed by atoms with Crippen LogP contribution in [0, 0.1) is 5.92 Å². The third-order valence-corrected chi connectivity index (χ3v) is 3.27. The van der Waals surface area contributed by atoms with Crippen LogP contribution in [0.4, 0.5) is 0 Å². The van der Waals surface area contributed by atoms with Gasteiger partial charge in [0.2, 0.25) is 0 Å². The molecule has 3 nitrogen and oxygen atoms in total. The lowest BCUT2D eigenvalue weighted by molar-refractivity contribution is 0.0991. The van der Waals surface area contributed by atoms with Gasteiger partial charge in [-0.15, -0.1) is 0 Å². The van der Waals surface area contributed by atoms with Gasteiger partial charge in [0.25, 0.3) is 0 Å². The van der Waals surface area contributed by atoms with E-state index >= 15 is 0 Å². The second-order valence-corrected chi connectivity index (χ2v) is 4.95. The van der Waals surface area contributed by atoms with Gasteiger partial charge in [0.15, 0.2) is 0 Å². The normalized spacial score (nSPS) is 28.7. The summed E-state index contributed by atoms with van der Waals surface area (Å²) < 4.78 is 0. The summed E-state index contributed by atoms with van der Waals surface area (Å²) in [5.41, 5.74) is -0.142. The Balaban J connectivity index is 2.41. The van der Waals surface area contributed by atoms with Gasteiger partial charge in [-0.3, -0.25) is 0 Å². The molecule has 2 atom stereocenters. The molecule has 0 bridgehead atoms. The first kappa shape index (κ1) is 12.0. The fourth-order valence-electron chi connectivity index (χ4n) is 2.13. The highest BCUT2D eigenvalue weighted by atomic mass is 16.3. The van der Waals surface area contributed by atoms with Gasteiger partial charge < -0.3 is 15.3 Å². The first-order valence-corrected chi connectivity index (χ1v) is 5.62. The van der Waals surface area contributed by atoms with E-state index in [1.54, 1.807) is 0 Å². The molecule has 0 spiro atoms. The molecule has 1 aliphatic heterocycles. The molecular formula is C11H24N2O.